The van der Waals surface area contributed by atoms with Crippen LogP contribution in [-0.2, 0) is 11.0 Å². The molecule has 2 rings (SSSR count). The quantitative estimate of drug-likeness (QED) is 0.652. The van der Waals surface area contributed by atoms with Gasteiger partial charge in [-0.2, -0.15) is 13.2 Å². The van der Waals surface area contributed by atoms with Crippen LogP contribution in [-0.4, -0.2) is 49.0 Å². The minimum atomic E-state index is -4.37. The van der Waals surface area contributed by atoms with Gasteiger partial charge >= 0.3 is 6.18 Å². The Hall–Kier alpha value is -2.35. The lowest BCUT2D eigenvalue weighted by Gasteiger charge is -2.17. The Kier molecular flexibility index (Phi) is 7.41. The molecule has 8 heteroatoms. The summed E-state index contributed by atoms with van der Waals surface area (Å²) < 4.78 is 38.5. The van der Waals surface area contributed by atoms with Crippen molar-refractivity contribution in [3.63, 3.8) is 0 Å². The molecule has 0 atom stereocenters. The van der Waals surface area contributed by atoms with Gasteiger partial charge in [0.2, 0.25) is 5.91 Å². The Bertz CT molecular complexity index is 764. The van der Waals surface area contributed by atoms with E-state index in [1.54, 1.807) is 6.07 Å². The first-order valence-corrected chi connectivity index (χ1v) is 8.90. The Morgan fingerprint density at radius 2 is 1.93 bits per heavy atom. The maximum absolute atomic E-state index is 12.8. The molecule has 1 heterocycles. The van der Waals surface area contributed by atoms with Crippen molar-refractivity contribution in [2.75, 3.05) is 38.5 Å². The molecule has 0 spiro atoms. The number of hydrogen-bond acceptors (Lipinski definition) is 4. The molecule has 0 saturated heterocycles. The van der Waals surface area contributed by atoms with Crippen LogP contribution in [0.2, 0.25) is 0 Å². The molecule has 2 N–H and O–H groups in total. The van der Waals surface area contributed by atoms with Crippen molar-refractivity contribution >= 4 is 22.5 Å². The van der Waals surface area contributed by atoms with Crippen molar-refractivity contribution in [1.29, 1.82) is 0 Å². The monoisotopic (exact) mass is 382 g/mol. The number of carbonyl (C=O) groups is 1. The van der Waals surface area contributed by atoms with Gasteiger partial charge in [-0.15, -0.1) is 0 Å². The largest absolute Gasteiger partial charge is 0.416 e. The molecular weight excluding hydrogens is 357 g/mol. The molecule has 0 saturated carbocycles. The molecule has 0 aliphatic heterocycles. The number of likely N-dealkylation sites (N-methyl/N-ethyl adjacent to an activating group) is 1. The van der Waals surface area contributed by atoms with Crippen LogP contribution in [0.1, 0.15) is 25.3 Å². The Morgan fingerprint density at radius 1 is 1.15 bits per heavy atom. The first kappa shape index (κ1) is 21.0. The number of halogens is 3. The number of carbonyl (C=O) groups excluding carboxylic acids is 1. The maximum Gasteiger partial charge on any atom is 0.416 e. The number of amides is 1. The fraction of sp³-hybridized carbons (Fsp3) is 0.474. The van der Waals surface area contributed by atoms with E-state index < -0.39 is 11.7 Å². The SMILES string of the molecule is CC(=O)NCCN(C)CCCCNc1ccnc2cc(C(F)(F)F)ccc12. The lowest BCUT2D eigenvalue weighted by Crippen LogP contribution is -2.32. The third kappa shape index (κ3) is 6.71. The van der Waals surface area contributed by atoms with Crippen LogP contribution in [0.4, 0.5) is 18.9 Å². The first-order valence-electron chi connectivity index (χ1n) is 8.90. The number of nitrogens with one attached hydrogen (secondary N) is 2. The predicted molar refractivity (Wildman–Crippen MR) is 101 cm³/mol. The number of fused-ring (bicyclic) bond motifs is 1. The first-order chi connectivity index (χ1) is 12.8. The molecule has 0 aliphatic rings. The molecule has 0 fully saturated rings. The summed E-state index contributed by atoms with van der Waals surface area (Å²) in [5.74, 6) is -0.0282. The summed E-state index contributed by atoms with van der Waals surface area (Å²) >= 11 is 0. The normalized spacial score (nSPS) is 11.8. The highest BCUT2D eigenvalue weighted by Crippen LogP contribution is 2.32. The van der Waals surface area contributed by atoms with Crippen molar-refractivity contribution < 1.29 is 18.0 Å². The van der Waals surface area contributed by atoms with Gasteiger partial charge in [0.1, 0.15) is 0 Å². The Balaban J connectivity index is 1.81. The maximum atomic E-state index is 12.8. The average Bonchev–Trinajstić information content (AvgIpc) is 2.60. The van der Waals surface area contributed by atoms with Gasteiger partial charge in [0.05, 0.1) is 11.1 Å². The van der Waals surface area contributed by atoms with E-state index >= 15 is 0 Å². The van der Waals surface area contributed by atoms with Crippen LogP contribution in [0.25, 0.3) is 10.9 Å². The van der Waals surface area contributed by atoms with E-state index in [4.69, 9.17) is 0 Å². The molecule has 1 aromatic carbocycles. The van der Waals surface area contributed by atoms with E-state index in [1.807, 2.05) is 7.05 Å². The van der Waals surface area contributed by atoms with Crippen LogP contribution in [0, 0.1) is 0 Å². The van der Waals surface area contributed by atoms with E-state index in [9.17, 15) is 18.0 Å². The molecule has 2 aromatic rings. The fourth-order valence-electron chi connectivity index (χ4n) is 2.74. The lowest BCUT2D eigenvalue weighted by atomic mass is 10.1. The zero-order chi connectivity index (χ0) is 19.9. The molecule has 0 aliphatic carbocycles. The van der Waals surface area contributed by atoms with E-state index in [1.165, 1.54) is 19.2 Å². The zero-order valence-electron chi connectivity index (χ0n) is 15.6. The second kappa shape index (κ2) is 9.55. The fourth-order valence-corrected chi connectivity index (χ4v) is 2.74. The summed E-state index contributed by atoms with van der Waals surface area (Å²) in [5.41, 5.74) is 0.419. The van der Waals surface area contributed by atoms with Crippen molar-refractivity contribution in [3.8, 4) is 0 Å². The molecule has 27 heavy (non-hydrogen) atoms. The van der Waals surface area contributed by atoms with Gasteiger partial charge in [-0.05, 0) is 44.6 Å². The van der Waals surface area contributed by atoms with Gasteiger partial charge < -0.3 is 15.5 Å². The van der Waals surface area contributed by atoms with Crippen molar-refractivity contribution in [1.82, 2.24) is 15.2 Å². The number of alkyl halides is 3. The van der Waals surface area contributed by atoms with Crippen LogP contribution >= 0.6 is 0 Å². The molecule has 1 aromatic heterocycles. The standard InChI is InChI=1S/C19H25F3N4O/c1-14(27)23-10-12-26(2)11-4-3-8-24-17-7-9-25-18-13-15(19(20,21)22)5-6-16(17)18/h5-7,9,13H,3-4,8,10-12H2,1-2H3,(H,23,27)(H,24,25). The van der Waals surface area contributed by atoms with Crippen LogP contribution < -0.4 is 10.6 Å². The summed E-state index contributed by atoms with van der Waals surface area (Å²) in [7, 11) is 2.00. The third-order valence-electron chi connectivity index (χ3n) is 4.22. The van der Waals surface area contributed by atoms with Gasteiger partial charge in [-0.25, -0.2) is 0 Å². The highest BCUT2D eigenvalue weighted by Gasteiger charge is 2.30. The number of anilines is 1. The summed E-state index contributed by atoms with van der Waals surface area (Å²) in [4.78, 5) is 17.0. The van der Waals surface area contributed by atoms with E-state index in [-0.39, 0.29) is 5.91 Å². The van der Waals surface area contributed by atoms with E-state index in [0.717, 1.165) is 50.3 Å². The topological polar surface area (TPSA) is 57.3 Å². The highest BCUT2D eigenvalue weighted by atomic mass is 19.4. The molecule has 0 bridgehead atoms. The minimum Gasteiger partial charge on any atom is -0.384 e. The molecule has 1 amide bonds. The Morgan fingerprint density at radius 3 is 2.63 bits per heavy atom. The van der Waals surface area contributed by atoms with Crippen LogP contribution in [0.3, 0.4) is 0 Å². The highest BCUT2D eigenvalue weighted by molar-refractivity contribution is 5.91. The number of rotatable bonds is 9. The summed E-state index contributed by atoms with van der Waals surface area (Å²) in [6.07, 6.45) is -0.953. The smallest absolute Gasteiger partial charge is 0.384 e. The summed E-state index contributed by atoms with van der Waals surface area (Å²) in [6.45, 7) is 4.56. The summed E-state index contributed by atoms with van der Waals surface area (Å²) in [5, 5.41) is 6.72. The molecule has 0 radical (unpaired) electrons. The van der Waals surface area contributed by atoms with Crippen molar-refractivity contribution in [2.45, 2.75) is 25.9 Å². The second-order valence-electron chi connectivity index (χ2n) is 6.51. The lowest BCUT2D eigenvalue weighted by molar-refractivity contribution is -0.137. The van der Waals surface area contributed by atoms with Crippen LogP contribution in [0.15, 0.2) is 30.5 Å². The average molecular weight is 382 g/mol. The number of benzene rings is 1. The number of nitrogens with zero attached hydrogens (tertiary/aromatic N) is 2. The number of aromatic nitrogens is 1. The molecule has 5 nitrogen and oxygen atoms in total. The van der Waals surface area contributed by atoms with E-state index in [0.29, 0.717) is 17.4 Å². The van der Waals surface area contributed by atoms with Gasteiger partial charge in [-0.1, -0.05) is 6.07 Å². The molecular formula is C19H25F3N4O. The Labute approximate surface area is 156 Å². The van der Waals surface area contributed by atoms with Gasteiger partial charge in [0.25, 0.3) is 0 Å². The van der Waals surface area contributed by atoms with Crippen molar-refractivity contribution in [3.05, 3.63) is 36.0 Å². The predicted octanol–water partition coefficient (Wildman–Crippen LogP) is 3.51. The third-order valence-corrected chi connectivity index (χ3v) is 4.22. The van der Waals surface area contributed by atoms with Gasteiger partial charge in [-0.3, -0.25) is 9.78 Å². The second-order valence-corrected chi connectivity index (χ2v) is 6.51. The number of pyridine rings is 1. The van der Waals surface area contributed by atoms with Gasteiger partial charge in [0.15, 0.2) is 0 Å². The molecule has 148 valence electrons. The van der Waals surface area contributed by atoms with Crippen molar-refractivity contribution in [2.24, 2.45) is 0 Å². The summed E-state index contributed by atoms with van der Waals surface area (Å²) in [6, 6.07) is 5.39. The van der Waals surface area contributed by atoms with E-state index in [2.05, 4.69) is 20.5 Å². The zero-order valence-corrected chi connectivity index (χ0v) is 15.6. The number of unbranched alkanes of at least 4 members (excludes halogenated alkanes) is 1. The van der Waals surface area contributed by atoms with Crippen LogP contribution in [0.5, 0.6) is 0 Å². The number of hydrogen-bond donors (Lipinski definition) is 2. The van der Waals surface area contributed by atoms with Gasteiger partial charge in [0, 0.05) is 43.8 Å². The minimum absolute atomic E-state index is 0.0282. The molecule has 0 unspecified atom stereocenters.